The molecule has 0 bridgehead atoms. The lowest BCUT2D eigenvalue weighted by molar-refractivity contribution is -0.121. The molecule has 2 atom stereocenters. The highest BCUT2D eigenvalue weighted by Gasteiger charge is 2.27. The standard InChI is InChI=1S/C17H26N2O4/c1-21-14-7-11(8-15(22-2)17(14)23-3)9-16(20)19-13-6-4-5-12(13)10-18/h7-8,12-13H,4-6,9-10,18H2,1-3H3,(H,19,20). The van der Waals surface area contributed by atoms with E-state index in [2.05, 4.69) is 5.32 Å². The first kappa shape index (κ1) is 17.4. The Balaban J connectivity index is 2.08. The van der Waals surface area contributed by atoms with Crippen LogP contribution in [0.1, 0.15) is 24.8 Å². The van der Waals surface area contributed by atoms with Crippen LogP contribution in [-0.2, 0) is 11.2 Å². The van der Waals surface area contributed by atoms with Gasteiger partial charge >= 0.3 is 0 Å². The molecule has 1 aromatic rings. The van der Waals surface area contributed by atoms with Gasteiger partial charge in [-0.2, -0.15) is 0 Å². The maximum absolute atomic E-state index is 12.3. The molecule has 0 saturated heterocycles. The molecule has 6 heteroatoms. The summed E-state index contributed by atoms with van der Waals surface area (Å²) in [5.41, 5.74) is 6.58. The average molecular weight is 322 g/mol. The summed E-state index contributed by atoms with van der Waals surface area (Å²) < 4.78 is 15.9. The van der Waals surface area contributed by atoms with Crippen molar-refractivity contribution in [2.24, 2.45) is 11.7 Å². The molecule has 2 unspecified atom stereocenters. The molecular weight excluding hydrogens is 296 g/mol. The molecule has 6 nitrogen and oxygen atoms in total. The predicted octanol–water partition coefficient (Wildman–Crippen LogP) is 1.50. The third-order valence-electron chi connectivity index (χ3n) is 4.40. The van der Waals surface area contributed by atoms with Gasteiger partial charge in [-0.1, -0.05) is 6.42 Å². The third kappa shape index (κ3) is 4.07. The summed E-state index contributed by atoms with van der Waals surface area (Å²) in [6, 6.07) is 3.79. The Hall–Kier alpha value is -1.95. The lowest BCUT2D eigenvalue weighted by Crippen LogP contribution is -2.40. The van der Waals surface area contributed by atoms with E-state index in [1.54, 1.807) is 33.5 Å². The van der Waals surface area contributed by atoms with Crippen molar-refractivity contribution < 1.29 is 19.0 Å². The van der Waals surface area contributed by atoms with Crippen LogP contribution in [0.25, 0.3) is 0 Å². The second-order valence-corrected chi connectivity index (χ2v) is 5.81. The summed E-state index contributed by atoms with van der Waals surface area (Å²) in [7, 11) is 4.68. The number of nitrogens with one attached hydrogen (secondary N) is 1. The Morgan fingerprint density at radius 3 is 2.35 bits per heavy atom. The summed E-state index contributed by atoms with van der Waals surface area (Å²) in [6.07, 6.45) is 3.48. The highest BCUT2D eigenvalue weighted by molar-refractivity contribution is 5.79. The zero-order valence-corrected chi connectivity index (χ0v) is 14.1. The van der Waals surface area contributed by atoms with E-state index in [-0.39, 0.29) is 18.4 Å². The molecule has 0 aromatic heterocycles. The number of carbonyl (C=O) groups excluding carboxylic acids is 1. The van der Waals surface area contributed by atoms with E-state index in [0.717, 1.165) is 24.8 Å². The van der Waals surface area contributed by atoms with Gasteiger partial charge in [0.05, 0.1) is 27.8 Å². The average Bonchev–Trinajstić information content (AvgIpc) is 3.00. The van der Waals surface area contributed by atoms with Crippen molar-refractivity contribution in [2.75, 3.05) is 27.9 Å². The minimum Gasteiger partial charge on any atom is -0.493 e. The molecule has 1 fully saturated rings. The zero-order valence-electron chi connectivity index (χ0n) is 14.1. The highest BCUT2D eigenvalue weighted by atomic mass is 16.5. The van der Waals surface area contributed by atoms with Crippen molar-refractivity contribution in [3.63, 3.8) is 0 Å². The molecule has 1 aliphatic rings. The molecule has 0 aliphatic heterocycles. The van der Waals surface area contributed by atoms with Gasteiger partial charge in [0, 0.05) is 6.04 Å². The second-order valence-electron chi connectivity index (χ2n) is 5.81. The highest BCUT2D eigenvalue weighted by Crippen LogP contribution is 2.38. The first-order chi connectivity index (χ1) is 11.1. The van der Waals surface area contributed by atoms with Crippen LogP contribution >= 0.6 is 0 Å². The summed E-state index contributed by atoms with van der Waals surface area (Å²) in [5.74, 6) is 2.01. The predicted molar refractivity (Wildman–Crippen MR) is 88.1 cm³/mol. The smallest absolute Gasteiger partial charge is 0.224 e. The van der Waals surface area contributed by atoms with Crippen molar-refractivity contribution >= 4 is 5.91 Å². The summed E-state index contributed by atoms with van der Waals surface area (Å²) >= 11 is 0. The van der Waals surface area contributed by atoms with Gasteiger partial charge in [0.2, 0.25) is 11.7 Å². The number of hydrogen-bond acceptors (Lipinski definition) is 5. The Labute approximate surface area is 137 Å². The maximum Gasteiger partial charge on any atom is 0.224 e. The normalized spacial score (nSPS) is 20.2. The van der Waals surface area contributed by atoms with Crippen LogP contribution in [0.5, 0.6) is 17.2 Å². The topological polar surface area (TPSA) is 82.8 Å². The summed E-state index contributed by atoms with van der Waals surface area (Å²) in [4.78, 5) is 12.3. The number of ether oxygens (including phenoxy) is 3. The van der Waals surface area contributed by atoms with E-state index in [4.69, 9.17) is 19.9 Å². The molecule has 1 saturated carbocycles. The molecule has 1 aliphatic carbocycles. The van der Waals surface area contributed by atoms with E-state index in [1.165, 1.54) is 0 Å². The van der Waals surface area contributed by atoms with Crippen LogP contribution in [0.3, 0.4) is 0 Å². The van der Waals surface area contributed by atoms with Gasteiger partial charge in [-0.3, -0.25) is 4.79 Å². The molecule has 1 amide bonds. The van der Waals surface area contributed by atoms with Crippen LogP contribution in [0, 0.1) is 5.92 Å². The van der Waals surface area contributed by atoms with Crippen molar-refractivity contribution in [1.82, 2.24) is 5.32 Å². The van der Waals surface area contributed by atoms with Crippen LogP contribution in [0.4, 0.5) is 0 Å². The Morgan fingerprint density at radius 1 is 1.17 bits per heavy atom. The quantitative estimate of drug-likeness (QED) is 0.795. The van der Waals surface area contributed by atoms with Gasteiger partial charge < -0.3 is 25.3 Å². The molecule has 23 heavy (non-hydrogen) atoms. The van der Waals surface area contributed by atoms with Crippen molar-refractivity contribution in [1.29, 1.82) is 0 Å². The minimum atomic E-state index is -0.00961. The maximum atomic E-state index is 12.3. The van der Waals surface area contributed by atoms with Gasteiger partial charge in [-0.05, 0) is 43.0 Å². The number of methoxy groups -OCH3 is 3. The van der Waals surface area contributed by atoms with Gasteiger partial charge in [-0.15, -0.1) is 0 Å². The first-order valence-corrected chi connectivity index (χ1v) is 7.91. The Bertz CT molecular complexity index is 522. The van der Waals surface area contributed by atoms with Gasteiger partial charge in [0.1, 0.15) is 0 Å². The molecule has 3 N–H and O–H groups in total. The molecule has 0 spiro atoms. The number of carbonyl (C=O) groups is 1. The second kappa shape index (κ2) is 8.06. The van der Waals surface area contributed by atoms with E-state index in [9.17, 15) is 4.79 Å². The van der Waals surface area contributed by atoms with Crippen LogP contribution in [-0.4, -0.2) is 39.8 Å². The van der Waals surface area contributed by atoms with Gasteiger partial charge in [-0.25, -0.2) is 0 Å². The van der Waals surface area contributed by atoms with Crippen molar-refractivity contribution in [2.45, 2.75) is 31.7 Å². The number of hydrogen-bond donors (Lipinski definition) is 2. The summed E-state index contributed by atoms with van der Waals surface area (Å²) in [6.45, 7) is 0.620. The minimum absolute atomic E-state index is 0.00961. The van der Waals surface area contributed by atoms with E-state index >= 15 is 0 Å². The van der Waals surface area contributed by atoms with Crippen LogP contribution in [0.15, 0.2) is 12.1 Å². The molecule has 1 aromatic carbocycles. The number of nitrogens with two attached hydrogens (primary N) is 1. The fourth-order valence-corrected chi connectivity index (χ4v) is 3.19. The number of amides is 1. The lowest BCUT2D eigenvalue weighted by Gasteiger charge is -2.20. The third-order valence-corrected chi connectivity index (χ3v) is 4.40. The first-order valence-electron chi connectivity index (χ1n) is 7.91. The van der Waals surface area contributed by atoms with E-state index in [1.807, 2.05) is 0 Å². The van der Waals surface area contributed by atoms with Crippen molar-refractivity contribution in [3.8, 4) is 17.2 Å². The molecule has 128 valence electrons. The Kier molecular flexibility index (Phi) is 6.10. The van der Waals surface area contributed by atoms with Crippen LogP contribution < -0.4 is 25.3 Å². The van der Waals surface area contributed by atoms with Gasteiger partial charge in [0.25, 0.3) is 0 Å². The Morgan fingerprint density at radius 2 is 1.83 bits per heavy atom. The largest absolute Gasteiger partial charge is 0.493 e. The SMILES string of the molecule is COc1cc(CC(=O)NC2CCCC2CN)cc(OC)c1OC. The van der Waals surface area contributed by atoms with Crippen LogP contribution in [0.2, 0.25) is 0 Å². The fraction of sp³-hybridized carbons (Fsp3) is 0.588. The molecular formula is C17H26N2O4. The summed E-state index contributed by atoms with van der Waals surface area (Å²) in [5, 5.41) is 3.10. The lowest BCUT2D eigenvalue weighted by atomic mass is 10.0. The van der Waals surface area contributed by atoms with Gasteiger partial charge in [0.15, 0.2) is 11.5 Å². The molecule has 0 radical (unpaired) electrons. The van der Waals surface area contributed by atoms with E-state index < -0.39 is 0 Å². The monoisotopic (exact) mass is 322 g/mol. The molecule has 0 heterocycles. The number of benzene rings is 1. The fourth-order valence-electron chi connectivity index (χ4n) is 3.19. The molecule has 2 rings (SSSR count). The zero-order chi connectivity index (χ0) is 16.8. The number of rotatable bonds is 7. The van der Waals surface area contributed by atoms with E-state index in [0.29, 0.717) is 29.7 Å². The van der Waals surface area contributed by atoms with Crippen molar-refractivity contribution in [3.05, 3.63) is 17.7 Å².